The number of carbonyl (C=O) groups is 2. The average molecular weight is 507 g/mol. The standard InChI is InChI=1S/C26H30N6O5/c1-3-36-22-15-18(8-11-21(22)37-14-13-35-2)23(30-20-9-6-17(7-10-20)24(27)28)26(34)32-31-25(33)19-5-4-12-29-16-19/h4-12,15-16,23,30H,3,13-14H2,1-2H3,(H3,27,28)(H,31,33)(H,32,34). The van der Waals surface area contributed by atoms with E-state index in [4.69, 9.17) is 25.4 Å². The third kappa shape index (κ3) is 7.67. The molecule has 0 saturated carbocycles. The van der Waals surface area contributed by atoms with Gasteiger partial charge in [-0.05, 0) is 61.0 Å². The van der Waals surface area contributed by atoms with E-state index in [1.807, 2.05) is 6.92 Å². The van der Waals surface area contributed by atoms with Gasteiger partial charge in [0, 0.05) is 30.8 Å². The number of benzene rings is 2. The van der Waals surface area contributed by atoms with Gasteiger partial charge in [-0.3, -0.25) is 30.8 Å². The van der Waals surface area contributed by atoms with Gasteiger partial charge in [0.15, 0.2) is 11.5 Å². The van der Waals surface area contributed by atoms with Crippen molar-refractivity contribution < 1.29 is 23.8 Å². The molecular weight excluding hydrogens is 476 g/mol. The fourth-order valence-corrected chi connectivity index (χ4v) is 3.30. The summed E-state index contributed by atoms with van der Waals surface area (Å²) in [6.07, 6.45) is 2.94. The summed E-state index contributed by atoms with van der Waals surface area (Å²) in [5, 5.41) is 10.7. The van der Waals surface area contributed by atoms with Crippen molar-refractivity contribution in [1.82, 2.24) is 15.8 Å². The smallest absolute Gasteiger partial charge is 0.271 e. The number of hydrazine groups is 1. The van der Waals surface area contributed by atoms with Gasteiger partial charge in [0.25, 0.3) is 11.8 Å². The zero-order chi connectivity index (χ0) is 26.6. The number of amidine groups is 1. The number of nitrogens with zero attached hydrogens (tertiary/aromatic N) is 1. The molecule has 3 aromatic rings. The van der Waals surface area contributed by atoms with Crippen molar-refractivity contribution in [1.29, 1.82) is 5.41 Å². The molecule has 3 rings (SSSR count). The van der Waals surface area contributed by atoms with Gasteiger partial charge < -0.3 is 25.3 Å². The lowest BCUT2D eigenvalue weighted by Crippen LogP contribution is -2.45. The first-order valence-corrected chi connectivity index (χ1v) is 11.5. The Morgan fingerprint density at radius 1 is 1.00 bits per heavy atom. The Bertz CT molecular complexity index is 1200. The van der Waals surface area contributed by atoms with Crippen LogP contribution in [0.5, 0.6) is 11.5 Å². The molecule has 1 unspecified atom stereocenters. The Balaban J connectivity index is 1.86. The second-order valence-corrected chi connectivity index (χ2v) is 7.73. The zero-order valence-corrected chi connectivity index (χ0v) is 20.6. The quantitative estimate of drug-likeness (QED) is 0.108. The van der Waals surface area contributed by atoms with Crippen LogP contribution in [-0.2, 0) is 9.53 Å². The SMILES string of the molecule is CCOc1cc(C(Nc2ccc(C(=N)N)cc2)C(=O)NNC(=O)c2cccnc2)ccc1OCCOC. The number of nitrogens with one attached hydrogen (secondary N) is 4. The van der Waals surface area contributed by atoms with Gasteiger partial charge in [0.1, 0.15) is 18.5 Å². The van der Waals surface area contributed by atoms with Crippen molar-refractivity contribution in [3.63, 3.8) is 0 Å². The molecule has 1 aromatic heterocycles. The van der Waals surface area contributed by atoms with Crippen molar-refractivity contribution in [2.45, 2.75) is 13.0 Å². The molecule has 0 aliphatic carbocycles. The van der Waals surface area contributed by atoms with E-state index in [-0.39, 0.29) is 5.84 Å². The van der Waals surface area contributed by atoms with Crippen molar-refractivity contribution in [3.8, 4) is 11.5 Å². The first-order valence-electron chi connectivity index (χ1n) is 11.5. The summed E-state index contributed by atoms with van der Waals surface area (Å²) >= 11 is 0. The third-order valence-corrected chi connectivity index (χ3v) is 5.14. The van der Waals surface area contributed by atoms with E-state index in [0.29, 0.717) is 53.7 Å². The number of nitrogens with two attached hydrogens (primary N) is 1. The number of hydrogen-bond acceptors (Lipinski definition) is 8. The van der Waals surface area contributed by atoms with Crippen LogP contribution in [0.1, 0.15) is 34.5 Å². The minimum absolute atomic E-state index is 0.0654. The molecule has 1 atom stereocenters. The molecule has 0 saturated heterocycles. The largest absolute Gasteiger partial charge is 0.490 e. The van der Waals surface area contributed by atoms with Crippen LogP contribution in [0.2, 0.25) is 0 Å². The van der Waals surface area contributed by atoms with Crippen molar-refractivity contribution >= 4 is 23.3 Å². The fourth-order valence-electron chi connectivity index (χ4n) is 3.30. The number of anilines is 1. The van der Waals surface area contributed by atoms with Crippen molar-refractivity contribution in [3.05, 3.63) is 83.7 Å². The molecule has 1 heterocycles. The van der Waals surface area contributed by atoms with Gasteiger partial charge >= 0.3 is 0 Å². The topological polar surface area (TPSA) is 161 Å². The lowest BCUT2D eigenvalue weighted by molar-refractivity contribution is -0.122. The summed E-state index contributed by atoms with van der Waals surface area (Å²) in [5.74, 6) is -0.129. The van der Waals surface area contributed by atoms with E-state index < -0.39 is 17.9 Å². The third-order valence-electron chi connectivity index (χ3n) is 5.14. The number of carbonyl (C=O) groups excluding carboxylic acids is 2. The second-order valence-electron chi connectivity index (χ2n) is 7.73. The van der Waals surface area contributed by atoms with Gasteiger partial charge in [0.2, 0.25) is 0 Å². The van der Waals surface area contributed by atoms with Crippen LogP contribution in [-0.4, -0.2) is 49.6 Å². The number of aromatic nitrogens is 1. The number of nitrogen functional groups attached to an aromatic ring is 1. The Kier molecular flexibility index (Phi) is 9.80. The number of pyridine rings is 1. The predicted molar refractivity (Wildman–Crippen MR) is 139 cm³/mol. The molecule has 0 spiro atoms. The van der Waals surface area contributed by atoms with E-state index in [2.05, 4.69) is 21.2 Å². The van der Waals surface area contributed by atoms with Gasteiger partial charge in [-0.1, -0.05) is 6.07 Å². The van der Waals surface area contributed by atoms with Crippen LogP contribution in [0.25, 0.3) is 0 Å². The van der Waals surface area contributed by atoms with Crippen LogP contribution in [0.15, 0.2) is 67.0 Å². The molecule has 0 aliphatic heterocycles. The molecule has 194 valence electrons. The Morgan fingerprint density at radius 2 is 1.78 bits per heavy atom. The molecule has 11 nitrogen and oxygen atoms in total. The Morgan fingerprint density at radius 3 is 2.43 bits per heavy atom. The van der Waals surface area contributed by atoms with E-state index in [1.165, 1.54) is 6.20 Å². The highest BCUT2D eigenvalue weighted by molar-refractivity contribution is 5.96. The predicted octanol–water partition coefficient (Wildman–Crippen LogP) is 2.40. The maximum atomic E-state index is 13.3. The maximum Gasteiger partial charge on any atom is 0.271 e. The molecule has 11 heteroatoms. The van der Waals surface area contributed by atoms with Crippen LogP contribution in [0, 0.1) is 5.41 Å². The molecule has 2 amide bonds. The first-order chi connectivity index (χ1) is 17.9. The summed E-state index contributed by atoms with van der Waals surface area (Å²) in [6.45, 7) is 2.98. The Hall–Kier alpha value is -4.64. The number of rotatable bonds is 12. The fraction of sp³-hybridized carbons (Fsp3) is 0.231. The summed E-state index contributed by atoms with van der Waals surface area (Å²) < 4.78 is 16.5. The molecule has 0 radical (unpaired) electrons. The summed E-state index contributed by atoms with van der Waals surface area (Å²) in [5.41, 5.74) is 12.4. The number of hydrogen-bond donors (Lipinski definition) is 5. The Labute approximate surface area is 214 Å². The summed E-state index contributed by atoms with van der Waals surface area (Å²) in [7, 11) is 1.58. The van der Waals surface area contributed by atoms with Crippen LogP contribution >= 0.6 is 0 Å². The molecule has 0 aliphatic rings. The summed E-state index contributed by atoms with van der Waals surface area (Å²) in [4.78, 5) is 29.6. The molecule has 2 aromatic carbocycles. The number of amides is 2. The van der Waals surface area contributed by atoms with Crippen molar-refractivity contribution in [2.75, 3.05) is 32.2 Å². The number of methoxy groups -OCH3 is 1. The van der Waals surface area contributed by atoms with E-state index in [9.17, 15) is 9.59 Å². The van der Waals surface area contributed by atoms with E-state index in [0.717, 1.165) is 0 Å². The molecular formula is C26H30N6O5. The van der Waals surface area contributed by atoms with Gasteiger partial charge in [-0.25, -0.2) is 0 Å². The highest BCUT2D eigenvalue weighted by Gasteiger charge is 2.23. The minimum atomic E-state index is -0.926. The normalized spacial score (nSPS) is 11.2. The lowest BCUT2D eigenvalue weighted by atomic mass is 10.0. The molecule has 0 fully saturated rings. The van der Waals surface area contributed by atoms with Gasteiger partial charge in [-0.2, -0.15) is 0 Å². The van der Waals surface area contributed by atoms with Crippen LogP contribution in [0.4, 0.5) is 5.69 Å². The highest BCUT2D eigenvalue weighted by atomic mass is 16.5. The lowest BCUT2D eigenvalue weighted by Gasteiger charge is -2.22. The average Bonchev–Trinajstić information content (AvgIpc) is 2.92. The molecule has 0 bridgehead atoms. The second kappa shape index (κ2) is 13.4. The maximum absolute atomic E-state index is 13.3. The van der Waals surface area contributed by atoms with E-state index >= 15 is 0 Å². The summed E-state index contributed by atoms with van der Waals surface area (Å²) in [6, 6.07) is 14.2. The number of ether oxygens (including phenoxy) is 3. The van der Waals surface area contributed by atoms with E-state index in [1.54, 1.807) is 67.9 Å². The van der Waals surface area contributed by atoms with Crippen LogP contribution in [0.3, 0.4) is 0 Å². The van der Waals surface area contributed by atoms with Crippen molar-refractivity contribution in [2.24, 2.45) is 5.73 Å². The zero-order valence-electron chi connectivity index (χ0n) is 20.6. The first kappa shape index (κ1) is 27.0. The van der Waals surface area contributed by atoms with Gasteiger partial charge in [-0.15, -0.1) is 0 Å². The minimum Gasteiger partial charge on any atom is -0.490 e. The monoisotopic (exact) mass is 506 g/mol. The highest BCUT2D eigenvalue weighted by Crippen LogP contribution is 2.32. The van der Waals surface area contributed by atoms with Crippen LogP contribution < -0.4 is 31.4 Å². The van der Waals surface area contributed by atoms with Gasteiger partial charge in [0.05, 0.1) is 18.8 Å². The molecule has 37 heavy (non-hydrogen) atoms. The molecule has 6 N–H and O–H groups in total.